The number of rotatable bonds is 1. The Labute approximate surface area is 92.8 Å². The average molecular weight is 220 g/mol. The monoisotopic (exact) mass is 220 g/mol. The summed E-state index contributed by atoms with van der Waals surface area (Å²) in [5.41, 5.74) is 0.795. The van der Waals surface area contributed by atoms with E-state index in [2.05, 4.69) is 0 Å². The quantitative estimate of drug-likeness (QED) is 0.735. The molecular weight excluding hydrogens is 208 g/mol. The minimum atomic E-state index is -0.926. The standard InChI is InChI=1S/C12H12O4/c1-12(2)10-9(15-10)7-5-6(11(13)14)3-4-8(7)16-12/h3-5,9-10H,1-2H3,(H,13,14)/t9-,10-/m0/s1. The number of fused-ring (bicyclic) bond motifs is 3. The number of hydrogen-bond acceptors (Lipinski definition) is 3. The van der Waals surface area contributed by atoms with Gasteiger partial charge in [0.25, 0.3) is 0 Å². The maximum atomic E-state index is 10.9. The van der Waals surface area contributed by atoms with Crippen molar-refractivity contribution < 1.29 is 19.4 Å². The highest BCUT2D eigenvalue weighted by Gasteiger charge is 2.56. The van der Waals surface area contributed by atoms with E-state index in [9.17, 15) is 4.79 Å². The van der Waals surface area contributed by atoms with Crippen molar-refractivity contribution in [3.8, 4) is 5.75 Å². The number of epoxide rings is 1. The first kappa shape index (κ1) is 9.66. The summed E-state index contributed by atoms with van der Waals surface area (Å²) in [6, 6.07) is 4.90. The molecule has 2 aliphatic rings. The molecule has 0 unspecified atom stereocenters. The van der Waals surface area contributed by atoms with Gasteiger partial charge in [-0.3, -0.25) is 0 Å². The molecule has 0 aromatic heterocycles. The van der Waals surface area contributed by atoms with Crippen LogP contribution < -0.4 is 4.74 Å². The lowest BCUT2D eigenvalue weighted by Gasteiger charge is -2.29. The van der Waals surface area contributed by atoms with Crippen molar-refractivity contribution in [3.05, 3.63) is 29.3 Å². The molecule has 2 atom stereocenters. The topological polar surface area (TPSA) is 59.1 Å². The molecule has 4 heteroatoms. The molecular formula is C12H12O4. The number of carboxylic acids is 1. The van der Waals surface area contributed by atoms with E-state index in [0.29, 0.717) is 0 Å². The molecule has 0 saturated carbocycles. The summed E-state index contributed by atoms with van der Waals surface area (Å²) >= 11 is 0. The van der Waals surface area contributed by atoms with Crippen molar-refractivity contribution in [1.29, 1.82) is 0 Å². The first-order valence-electron chi connectivity index (χ1n) is 5.21. The van der Waals surface area contributed by atoms with E-state index in [-0.39, 0.29) is 23.4 Å². The van der Waals surface area contributed by atoms with Crippen LogP contribution >= 0.6 is 0 Å². The van der Waals surface area contributed by atoms with Gasteiger partial charge in [-0.2, -0.15) is 0 Å². The zero-order valence-electron chi connectivity index (χ0n) is 9.06. The minimum Gasteiger partial charge on any atom is -0.485 e. The van der Waals surface area contributed by atoms with E-state index in [1.165, 1.54) is 0 Å². The van der Waals surface area contributed by atoms with E-state index in [4.69, 9.17) is 14.6 Å². The highest BCUT2D eigenvalue weighted by molar-refractivity contribution is 5.88. The third kappa shape index (κ3) is 1.23. The Morgan fingerprint density at radius 3 is 2.88 bits per heavy atom. The Bertz CT molecular complexity index is 478. The summed E-state index contributed by atoms with van der Waals surface area (Å²) in [7, 11) is 0. The molecule has 1 N–H and O–H groups in total. The molecule has 2 heterocycles. The van der Waals surface area contributed by atoms with Gasteiger partial charge in [-0.1, -0.05) is 0 Å². The maximum Gasteiger partial charge on any atom is 0.335 e. The predicted octanol–water partition coefficient (Wildman–Crippen LogP) is 2.00. The van der Waals surface area contributed by atoms with Crippen LogP contribution in [0.15, 0.2) is 18.2 Å². The fourth-order valence-corrected chi connectivity index (χ4v) is 2.22. The zero-order valence-corrected chi connectivity index (χ0v) is 9.06. The van der Waals surface area contributed by atoms with Crippen LogP contribution in [0.3, 0.4) is 0 Å². The number of carboxylic acid groups (broad SMARTS) is 1. The van der Waals surface area contributed by atoms with Gasteiger partial charge in [0.15, 0.2) is 0 Å². The summed E-state index contributed by atoms with van der Waals surface area (Å²) in [5.74, 6) is -0.196. The molecule has 0 aliphatic carbocycles. The van der Waals surface area contributed by atoms with Gasteiger partial charge in [-0.15, -0.1) is 0 Å². The molecule has 1 aromatic rings. The second-order valence-corrected chi connectivity index (χ2v) is 4.74. The van der Waals surface area contributed by atoms with Gasteiger partial charge >= 0.3 is 5.97 Å². The molecule has 1 aromatic carbocycles. The zero-order chi connectivity index (χ0) is 11.5. The minimum absolute atomic E-state index is 0.00181. The lowest BCUT2D eigenvalue weighted by molar-refractivity contribution is 0.0693. The van der Waals surface area contributed by atoms with Gasteiger partial charge in [-0.05, 0) is 32.0 Å². The van der Waals surface area contributed by atoms with Crippen LogP contribution in [0.5, 0.6) is 5.75 Å². The predicted molar refractivity (Wildman–Crippen MR) is 55.7 cm³/mol. The van der Waals surface area contributed by atoms with Crippen LogP contribution in [-0.2, 0) is 4.74 Å². The molecule has 84 valence electrons. The summed E-state index contributed by atoms with van der Waals surface area (Å²) in [6.45, 7) is 3.96. The van der Waals surface area contributed by atoms with Gasteiger partial charge < -0.3 is 14.6 Å². The van der Waals surface area contributed by atoms with E-state index in [1.807, 2.05) is 13.8 Å². The number of aromatic carboxylic acids is 1. The summed E-state index contributed by atoms with van der Waals surface area (Å²) in [6.07, 6.45) is 0.0436. The Morgan fingerprint density at radius 2 is 2.19 bits per heavy atom. The van der Waals surface area contributed by atoms with Gasteiger partial charge in [-0.25, -0.2) is 4.79 Å². The molecule has 1 fully saturated rings. The van der Waals surface area contributed by atoms with Crippen LogP contribution in [0.2, 0.25) is 0 Å². The average Bonchev–Trinajstić information content (AvgIpc) is 2.97. The Hall–Kier alpha value is -1.55. The van der Waals surface area contributed by atoms with Crippen molar-refractivity contribution in [3.63, 3.8) is 0 Å². The van der Waals surface area contributed by atoms with Crippen molar-refractivity contribution in [2.24, 2.45) is 0 Å². The Balaban J connectivity index is 2.06. The number of ether oxygens (including phenoxy) is 2. The van der Waals surface area contributed by atoms with Crippen molar-refractivity contribution >= 4 is 5.97 Å². The second kappa shape index (κ2) is 2.77. The van der Waals surface area contributed by atoms with Crippen molar-refractivity contribution in [2.75, 3.05) is 0 Å². The first-order chi connectivity index (χ1) is 7.49. The third-order valence-corrected chi connectivity index (χ3v) is 3.11. The largest absolute Gasteiger partial charge is 0.485 e. The van der Waals surface area contributed by atoms with Crippen molar-refractivity contribution in [1.82, 2.24) is 0 Å². The van der Waals surface area contributed by atoms with Crippen molar-refractivity contribution in [2.45, 2.75) is 31.7 Å². The highest BCUT2D eigenvalue weighted by Crippen LogP contribution is 2.53. The maximum absolute atomic E-state index is 10.9. The molecule has 1 saturated heterocycles. The molecule has 3 rings (SSSR count). The summed E-state index contributed by atoms with van der Waals surface area (Å²) in [4.78, 5) is 10.9. The van der Waals surface area contributed by atoms with Gasteiger partial charge in [0.05, 0.1) is 5.56 Å². The second-order valence-electron chi connectivity index (χ2n) is 4.74. The fraction of sp³-hybridized carbons (Fsp3) is 0.417. The van der Waals surface area contributed by atoms with E-state index in [0.717, 1.165) is 11.3 Å². The number of carbonyl (C=O) groups is 1. The fourth-order valence-electron chi connectivity index (χ4n) is 2.22. The normalized spacial score (nSPS) is 28.6. The van der Waals surface area contributed by atoms with Crippen LogP contribution in [0.4, 0.5) is 0 Å². The number of hydrogen-bond donors (Lipinski definition) is 1. The van der Waals surface area contributed by atoms with Crippen LogP contribution in [-0.4, -0.2) is 22.8 Å². The SMILES string of the molecule is CC1(C)Oc2ccc(C(=O)O)cc2[C@@H]2O[C@@H]21. The van der Waals surface area contributed by atoms with Gasteiger partial charge in [0.1, 0.15) is 23.6 Å². The van der Waals surface area contributed by atoms with Gasteiger partial charge in [0.2, 0.25) is 0 Å². The molecule has 0 bridgehead atoms. The highest BCUT2D eigenvalue weighted by atomic mass is 16.6. The van der Waals surface area contributed by atoms with Crippen LogP contribution in [0.25, 0.3) is 0 Å². The van der Waals surface area contributed by atoms with E-state index < -0.39 is 5.97 Å². The summed E-state index contributed by atoms with van der Waals surface area (Å²) in [5, 5.41) is 8.91. The van der Waals surface area contributed by atoms with Crippen LogP contribution in [0, 0.1) is 0 Å². The van der Waals surface area contributed by atoms with Gasteiger partial charge in [0, 0.05) is 5.56 Å². The Kier molecular flexibility index (Phi) is 1.67. The lowest BCUT2D eigenvalue weighted by Crippen LogP contribution is -2.37. The molecule has 0 spiro atoms. The molecule has 0 amide bonds. The Morgan fingerprint density at radius 1 is 1.44 bits per heavy atom. The number of benzene rings is 1. The van der Waals surface area contributed by atoms with Crippen LogP contribution in [0.1, 0.15) is 35.9 Å². The third-order valence-electron chi connectivity index (χ3n) is 3.11. The van der Waals surface area contributed by atoms with E-state index >= 15 is 0 Å². The van der Waals surface area contributed by atoms with E-state index in [1.54, 1.807) is 18.2 Å². The molecule has 16 heavy (non-hydrogen) atoms. The molecule has 0 radical (unpaired) electrons. The first-order valence-corrected chi connectivity index (χ1v) is 5.21. The summed E-state index contributed by atoms with van der Waals surface area (Å²) < 4.78 is 11.3. The lowest BCUT2D eigenvalue weighted by atomic mass is 9.93. The molecule has 2 aliphatic heterocycles. The smallest absolute Gasteiger partial charge is 0.335 e. The molecule has 4 nitrogen and oxygen atoms in total.